The summed E-state index contributed by atoms with van der Waals surface area (Å²) in [5.74, 6) is 0.783. The summed E-state index contributed by atoms with van der Waals surface area (Å²) >= 11 is 5.88. The number of nitrogens with one attached hydrogen (secondary N) is 1. The average Bonchev–Trinajstić information content (AvgIpc) is 2.96. The molecule has 162 valence electrons. The van der Waals surface area contributed by atoms with Crippen LogP contribution in [0, 0.1) is 0 Å². The van der Waals surface area contributed by atoms with Gasteiger partial charge in [-0.05, 0) is 52.0 Å². The monoisotopic (exact) mass is 434 g/mol. The number of aromatic nitrogens is 2. The second-order valence-electron chi connectivity index (χ2n) is 8.25. The number of carbonyl (C=O) groups excluding carboxylic acids is 2. The van der Waals surface area contributed by atoms with Gasteiger partial charge in [0.25, 0.3) is 5.91 Å². The van der Waals surface area contributed by atoms with Gasteiger partial charge in [-0.15, -0.1) is 0 Å². The van der Waals surface area contributed by atoms with E-state index in [0.717, 1.165) is 11.3 Å². The number of hydrogen-bond acceptors (Lipinski definition) is 5. The van der Waals surface area contributed by atoms with Gasteiger partial charge >= 0.3 is 6.09 Å². The fourth-order valence-electron chi connectivity index (χ4n) is 3.13. The third-order valence-corrected chi connectivity index (χ3v) is 4.84. The largest absolute Gasteiger partial charge is 0.481 e. The van der Waals surface area contributed by atoms with Crippen LogP contribution in [0.2, 0.25) is 5.02 Å². The molecule has 8 nitrogen and oxygen atoms in total. The van der Waals surface area contributed by atoms with Crippen molar-refractivity contribution in [1.82, 2.24) is 14.7 Å². The molecule has 1 N–H and O–H groups in total. The summed E-state index contributed by atoms with van der Waals surface area (Å²) in [5.41, 5.74) is 1.10. The Labute approximate surface area is 181 Å². The predicted octanol–water partition coefficient (Wildman–Crippen LogP) is 3.77. The van der Waals surface area contributed by atoms with Crippen LogP contribution >= 0.6 is 11.6 Å². The molecule has 0 spiro atoms. The molecular weight excluding hydrogens is 408 g/mol. The first-order valence-electron chi connectivity index (χ1n) is 9.79. The Hall–Kier alpha value is -2.74. The summed E-state index contributed by atoms with van der Waals surface area (Å²) < 4.78 is 12.8. The van der Waals surface area contributed by atoms with Crippen LogP contribution in [0.1, 0.15) is 39.0 Å². The van der Waals surface area contributed by atoms with Crippen molar-refractivity contribution < 1.29 is 19.1 Å². The van der Waals surface area contributed by atoms with E-state index < -0.39 is 11.7 Å². The molecular formula is C21H27ClN4O4. The Morgan fingerprint density at radius 2 is 1.90 bits per heavy atom. The molecule has 2 aromatic rings. The maximum Gasteiger partial charge on any atom is 0.410 e. The lowest BCUT2D eigenvalue weighted by molar-refractivity contribution is -0.122. The summed E-state index contributed by atoms with van der Waals surface area (Å²) in [6, 6.07) is 6.81. The first-order valence-corrected chi connectivity index (χ1v) is 10.2. The van der Waals surface area contributed by atoms with Crippen LogP contribution in [0.25, 0.3) is 0 Å². The smallest absolute Gasteiger partial charge is 0.410 e. The number of nitrogens with zero attached hydrogens (tertiary/aromatic N) is 3. The van der Waals surface area contributed by atoms with Gasteiger partial charge in [-0.3, -0.25) is 9.48 Å². The molecule has 1 aliphatic rings. The molecule has 0 aliphatic carbocycles. The molecule has 2 heterocycles. The minimum absolute atomic E-state index is 0.315. The van der Waals surface area contributed by atoms with Gasteiger partial charge in [0.15, 0.2) is 6.10 Å². The highest BCUT2D eigenvalue weighted by Crippen LogP contribution is 2.27. The molecule has 0 fully saturated rings. The first kappa shape index (κ1) is 22.0. The van der Waals surface area contributed by atoms with E-state index in [-0.39, 0.29) is 12.0 Å². The summed E-state index contributed by atoms with van der Waals surface area (Å²) in [6.07, 6.45) is -0.522. The lowest BCUT2D eigenvalue weighted by Gasteiger charge is -2.30. The molecule has 1 atom stereocenters. The van der Waals surface area contributed by atoms with E-state index in [1.54, 1.807) is 47.8 Å². The van der Waals surface area contributed by atoms with Crippen molar-refractivity contribution in [3.05, 3.63) is 40.5 Å². The number of halogens is 1. The Morgan fingerprint density at radius 1 is 1.23 bits per heavy atom. The number of carbonyl (C=O) groups is 2. The molecule has 0 saturated heterocycles. The summed E-state index contributed by atoms with van der Waals surface area (Å²) in [5, 5.41) is 7.98. The molecule has 3 rings (SSSR count). The normalized spacial score (nSPS) is 14.7. The van der Waals surface area contributed by atoms with Gasteiger partial charge in [-0.2, -0.15) is 5.10 Å². The molecule has 1 aromatic carbocycles. The number of ether oxygens (including phenoxy) is 2. The van der Waals surface area contributed by atoms with E-state index in [4.69, 9.17) is 21.1 Å². The van der Waals surface area contributed by atoms with E-state index in [1.165, 1.54) is 0 Å². The lowest BCUT2D eigenvalue weighted by atomic mass is 10.1. The Kier molecular flexibility index (Phi) is 6.26. The number of fused-ring (bicyclic) bond motifs is 1. The average molecular weight is 435 g/mol. The highest BCUT2D eigenvalue weighted by molar-refractivity contribution is 6.30. The second-order valence-corrected chi connectivity index (χ2v) is 8.69. The second kappa shape index (κ2) is 8.55. The van der Waals surface area contributed by atoms with Crippen molar-refractivity contribution in [2.75, 3.05) is 11.9 Å². The van der Waals surface area contributed by atoms with Crippen molar-refractivity contribution in [2.24, 2.45) is 7.05 Å². The van der Waals surface area contributed by atoms with E-state index in [0.29, 0.717) is 36.1 Å². The molecule has 0 saturated carbocycles. The van der Waals surface area contributed by atoms with Crippen LogP contribution < -0.4 is 10.1 Å². The van der Waals surface area contributed by atoms with Gasteiger partial charge in [0.1, 0.15) is 17.2 Å². The van der Waals surface area contributed by atoms with Crippen LogP contribution in [-0.2, 0) is 29.5 Å². The molecule has 1 unspecified atom stereocenters. The number of anilines is 1. The Morgan fingerprint density at radius 3 is 2.53 bits per heavy atom. The molecule has 1 aliphatic heterocycles. The van der Waals surface area contributed by atoms with Gasteiger partial charge in [-0.1, -0.05) is 11.6 Å². The predicted molar refractivity (Wildman–Crippen MR) is 114 cm³/mol. The van der Waals surface area contributed by atoms with Crippen molar-refractivity contribution >= 4 is 29.4 Å². The molecule has 1 aromatic heterocycles. The van der Waals surface area contributed by atoms with Gasteiger partial charge in [0.2, 0.25) is 0 Å². The van der Waals surface area contributed by atoms with Gasteiger partial charge in [0.05, 0.1) is 12.2 Å². The SMILES string of the molecule is CC(Oc1ccc(Cl)cc1)C(=O)Nc1c2c(nn1C)CCN(C(=O)OC(C)(C)C)C2. The molecule has 9 heteroatoms. The number of hydrogen-bond donors (Lipinski definition) is 1. The molecule has 30 heavy (non-hydrogen) atoms. The van der Waals surface area contributed by atoms with Crippen LogP contribution in [0.3, 0.4) is 0 Å². The number of rotatable bonds is 4. The van der Waals surface area contributed by atoms with Crippen molar-refractivity contribution in [3.63, 3.8) is 0 Å². The van der Waals surface area contributed by atoms with Crippen molar-refractivity contribution in [1.29, 1.82) is 0 Å². The van der Waals surface area contributed by atoms with Crippen LogP contribution in [0.4, 0.5) is 10.6 Å². The highest BCUT2D eigenvalue weighted by Gasteiger charge is 2.30. The fourth-order valence-corrected chi connectivity index (χ4v) is 3.26. The number of benzene rings is 1. The summed E-state index contributed by atoms with van der Waals surface area (Å²) in [7, 11) is 1.76. The third kappa shape index (κ3) is 5.24. The van der Waals surface area contributed by atoms with Gasteiger partial charge < -0.3 is 19.7 Å². The van der Waals surface area contributed by atoms with Crippen LogP contribution in [0.5, 0.6) is 5.75 Å². The molecule has 0 bridgehead atoms. The maximum atomic E-state index is 12.7. The van der Waals surface area contributed by atoms with Gasteiger partial charge in [-0.25, -0.2) is 4.79 Å². The zero-order valence-corrected chi connectivity index (χ0v) is 18.6. The van der Waals surface area contributed by atoms with E-state index >= 15 is 0 Å². The number of amides is 2. The Bertz CT molecular complexity index is 934. The van der Waals surface area contributed by atoms with Crippen molar-refractivity contribution in [3.8, 4) is 5.75 Å². The van der Waals surface area contributed by atoms with Crippen molar-refractivity contribution in [2.45, 2.75) is 52.4 Å². The first-order chi connectivity index (χ1) is 14.0. The summed E-state index contributed by atoms with van der Waals surface area (Å²) in [6.45, 7) is 8.00. The van der Waals surface area contributed by atoms with E-state index in [9.17, 15) is 9.59 Å². The molecule has 0 radical (unpaired) electrons. The Balaban J connectivity index is 1.70. The van der Waals surface area contributed by atoms with Gasteiger partial charge in [0, 0.05) is 30.6 Å². The van der Waals surface area contributed by atoms with Crippen LogP contribution in [-0.4, -0.2) is 44.9 Å². The molecule has 2 amide bonds. The quantitative estimate of drug-likeness (QED) is 0.791. The minimum Gasteiger partial charge on any atom is -0.481 e. The highest BCUT2D eigenvalue weighted by atomic mass is 35.5. The van der Waals surface area contributed by atoms with Crippen LogP contribution in [0.15, 0.2) is 24.3 Å². The topological polar surface area (TPSA) is 85.7 Å². The summed E-state index contributed by atoms with van der Waals surface area (Å²) in [4.78, 5) is 26.8. The van der Waals surface area contributed by atoms with E-state index in [2.05, 4.69) is 10.4 Å². The van der Waals surface area contributed by atoms with E-state index in [1.807, 2.05) is 20.8 Å². The standard InChI is InChI=1S/C21H27ClN4O4/c1-13(29-15-8-6-14(22)7-9-15)19(27)23-18-16-12-26(20(28)30-21(2,3)4)11-10-17(16)24-25(18)5/h6-9,13H,10-12H2,1-5H3,(H,23,27). The fraction of sp³-hybridized carbons (Fsp3) is 0.476. The zero-order valence-electron chi connectivity index (χ0n) is 17.9. The zero-order chi connectivity index (χ0) is 22.1. The lowest BCUT2D eigenvalue weighted by Crippen LogP contribution is -2.40. The number of aryl methyl sites for hydroxylation is 1. The third-order valence-electron chi connectivity index (χ3n) is 4.59. The minimum atomic E-state index is -0.734. The maximum absolute atomic E-state index is 12.7.